The first-order valence-corrected chi connectivity index (χ1v) is 7.21. The second-order valence-corrected chi connectivity index (χ2v) is 5.20. The molecule has 0 radical (unpaired) electrons. The van der Waals surface area contributed by atoms with E-state index in [9.17, 15) is 4.79 Å². The predicted octanol–water partition coefficient (Wildman–Crippen LogP) is 3.48. The van der Waals surface area contributed by atoms with Gasteiger partial charge in [-0.3, -0.25) is 4.79 Å². The molecule has 1 heterocycles. The molecule has 4 nitrogen and oxygen atoms in total. The van der Waals surface area contributed by atoms with Crippen LogP contribution >= 0.6 is 15.9 Å². The monoisotopic (exact) mass is 333 g/mol. The van der Waals surface area contributed by atoms with Crippen LogP contribution in [0.3, 0.4) is 0 Å². The summed E-state index contributed by atoms with van der Waals surface area (Å²) in [5, 5.41) is 0. The SMILES string of the molecule is CCCN(C(=O)c1ncccc1Br)c1ccccc1N. The van der Waals surface area contributed by atoms with E-state index in [1.165, 1.54) is 0 Å². The van der Waals surface area contributed by atoms with Crippen molar-refractivity contribution in [2.24, 2.45) is 0 Å². The highest BCUT2D eigenvalue weighted by Crippen LogP contribution is 2.25. The molecule has 0 unspecified atom stereocenters. The molecule has 0 bridgehead atoms. The van der Waals surface area contributed by atoms with Gasteiger partial charge >= 0.3 is 0 Å². The Bertz CT molecular complexity index is 616. The van der Waals surface area contributed by atoms with Gasteiger partial charge in [0, 0.05) is 17.2 Å². The third-order valence-corrected chi connectivity index (χ3v) is 3.52. The number of nitrogens with zero attached hydrogens (tertiary/aromatic N) is 2. The number of anilines is 2. The number of hydrogen-bond donors (Lipinski definition) is 1. The number of carbonyl (C=O) groups is 1. The largest absolute Gasteiger partial charge is 0.397 e. The van der Waals surface area contributed by atoms with Crippen LogP contribution in [0.2, 0.25) is 0 Å². The molecule has 2 N–H and O–H groups in total. The lowest BCUT2D eigenvalue weighted by atomic mass is 10.2. The van der Waals surface area contributed by atoms with Crippen molar-refractivity contribution in [3.8, 4) is 0 Å². The van der Waals surface area contributed by atoms with Crippen LogP contribution in [0.15, 0.2) is 47.1 Å². The standard InChI is InChI=1S/C15H16BrN3O/c1-2-10-19(13-8-4-3-7-12(13)17)15(20)14-11(16)6-5-9-18-14/h3-9H,2,10,17H2,1H3. The summed E-state index contributed by atoms with van der Waals surface area (Å²) in [5.74, 6) is -0.155. The molecule has 1 aromatic heterocycles. The predicted molar refractivity (Wildman–Crippen MR) is 84.8 cm³/mol. The number of nitrogen functional groups attached to an aromatic ring is 1. The molecule has 104 valence electrons. The fourth-order valence-electron chi connectivity index (χ4n) is 1.96. The summed E-state index contributed by atoms with van der Waals surface area (Å²) in [6.07, 6.45) is 2.45. The van der Waals surface area contributed by atoms with E-state index in [4.69, 9.17) is 5.73 Å². The van der Waals surface area contributed by atoms with Gasteiger partial charge in [0.05, 0.1) is 11.4 Å². The Hall–Kier alpha value is -1.88. The molecular formula is C15H16BrN3O. The number of hydrogen-bond acceptors (Lipinski definition) is 3. The number of pyridine rings is 1. The van der Waals surface area contributed by atoms with Gasteiger partial charge < -0.3 is 10.6 Å². The molecule has 0 saturated carbocycles. The summed E-state index contributed by atoms with van der Waals surface area (Å²) in [5.41, 5.74) is 7.68. The quantitative estimate of drug-likeness (QED) is 0.871. The second kappa shape index (κ2) is 6.52. The van der Waals surface area contributed by atoms with Crippen LogP contribution in [-0.2, 0) is 0 Å². The van der Waals surface area contributed by atoms with Gasteiger partial charge in [0.25, 0.3) is 5.91 Å². The first-order valence-electron chi connectivity index (χ1n) is 6.42. The molecule has 0 fully saturated rings. The molecule has 0 aliphatic carbocycles. The summed E-state index contributed by atoms with van der Waals surface area (Å²) in [6, 6.07) is 10.9. The zero-order valence-electron chi connectivity index (χ0n) is 11.2. The summed E-state index contributed by atoms with van der Waals surface area (Å²) in [4.78, 5) is 18.5. The molecule has 2 aromatic rings. The summed E-state index contributed by atoms with van der Waals surface area (Å²) in [7, 11) is 0. The van der Waals surface area contributed by atoms with Gasteiger partial charge in [-0.15, -0.1) is 0 Å². The number of carbonyl (C=O) groups excluding carboxylic acids is 1. The van der Waals surface area contributed by atoms with Crippen molar-refractivity contribution in [2.75, 3.05) is 17.2 Å². The Morgan fingerprint density at radius 1 is 1.30 bits per heavy atom. The lowest BCUT2D eigenvalue weighted by Gasteiger charge is -2.23. The minimum atomic E-state index is -0.155. The van der Waals surface area contributed by atoms with Crippen LogP contribution in [0.25, 0.3) is 0 Å². The maximum Gasteiger partial charge on any atom is 0.278 e. The molecular weight excluding hydrogens is 318 g/mol. The minimum Gasteiger partial charge on any atom is -0.397 e. The third kappa shape index (κ3) is 2.99. The Balaban J connectivity index is 2.42. The minimum absolute atomic E-state index is 0.155. The normalized spacial score (nSPS) is 10.3. The molecule has 2 rings (SSSR count). The van der Waals surface area contributed by atoms with Crippen molar-refractivity contribution in [1.82, 2.24) is 4.98 Å². The molecule has 1 aromatic carbocycles. The van der Waals surface area contributed by atoms with Crippen LogP contribution < -0.4 is 10.6 Å². The number of halogens is 1. The third-order valence-electron chi connectivity index (χ3n) is 2.88. The van der Waals surface area contributed by atoms with Crippen LogP contribution in [0, 0.1) is 0 Å². The van der Waals surface area contributed by atoms with Crippen molar-refractivity contribution >= 4 is 33.2 Å². The van der Waals surface area contributed by atoms with E-state index in [1.54, 1.807) is 29.3 Å². The topological polar surface area (TPSA) is 59.2 Å². The first kappa shape index (κ1) is 14.5. The second-order valence-electron chi connectivity index (χ2n) is 4.35. The van der Waals surface area contributed by atoms with E-state index in [2.05, 4.69) is 20.9 Å². The number of benzene rings is 1. The molecule has 20 heavy (non-hydrogen) atoms. The molecule has 1 amide bonds. The molecule has 0 aliphatic rings. The Kier molecular flexibility index (Phi) is 4.74. The Morgan fingerprint density at radius 2 is 2.05 bits per heavy atom. The Labute approximate surface area is 126 Å². The average molecular weight is 334 g/mol. The van der Waals surface area contributed by atoms with Crippen molar-refractivity contribution < 1.29 is 4.79 Å². The van der Waals surface area contributed by atoms with Gasteiger partial charge in [0.2, 0.25) is 0 Å². The molecule has 0 aliphatic heterocycles. The highest BCUT2D eigenvalue weighted by atomic mass is 79.9. The van der Waals surface area contributed by atoms with Crippen LogP contribution in [0.5, 0.6) is 0 Å². The van der Waals surface area contributed by atoms with E-state index in [-0.39, 0.29) is 5.91 Å². The molecule has 0 spiro atoms. The average Bonchev–Trinajstić information content (AvgIpc) is 2.46. The Morgan fingerprint density at radius 3 is 2.70 bits per heavy atom. The van der Waals surface area contributed by atoms with E-state index in [1.807, 2.05) is 25.1 Å². The highest BCUT2D eigenvalue weighted by molar-refractivity contribution is 9.10. The lowest BCUT2D eigenvalue weighted by Crippen LogP contribution is -2.33. The van der Waals surface area contributed by atoms with Gasteiger partial charge in [0.1, 0.15) is 5.69 Å². The maximum absolute atomic E-state index is 12.7. The smallest absolute Gasteiger partial charge is 0.278 e. The van der Waals surface area contributed by atoms with Crippen LogP contribution in [0.4, 0.5) is 11.4 Å². The first-order chi connectivity index (χ1) is 9.65. The molecule has 0 atom stereocenters. The van der Waals surface area contributed by atoms with Gasteiger partial charge in [0.15, 0.2) is 0 Å². The van der Waals surface area contributed by atoms with Gasteiger partial charge in [-0.25, -0.2) is 4.98 Å². The van der Waals surface area contributed by atoms with Crippen molar-refractivity contribution in [2.45, 2.75) is 13.3 Å². The number of aromatic nitrogens is 1. The fourth-order valence-corrected chi connectivity index (χ4v) is 2.38. The number of para-hydroxylation sites is 2. The number of rotatable bonds is 4. The van der Waals surface area contributed by atoms with Crippen molar-refractivity contribution in [3.05, 3.63) is 52.8 Å². The lowest BCUT2D eigenvalue weighted by molar-refractivity contribution is 0.0981. The zero-order chi connectivity index (χ0) is 14.5. The van der Waals surface area contributed by atoms with Crippen LogP contribution in [0.1, 0.15) is 23.8 Å². The summed E-state index contributed by atoms with van der Waals surface area (Å²) < 4.78 is 0.681. The molecule has 5 heteroatoms. The van der Waals surface area contributed by atoms with Gasteiger partial charge in [-0.1, -0.05) is 19.1 Å². The maximum atomic E-state index is 12.7. The summed E-state index contributed by atoms with van der Waals surface area (Å²) in [6.45, 7) is 2.61. The molecule has 0 saturated heterocycles. The van der Waals surface area contributed by atoms with E-state index in [0.29, 0.717) is 22.4 Å². The fraction of sp³-hybridized carbons (Fsp3) is 0.200. The number of amides is 1. The van der Waals surface area contributed by atoms with Gasteiger partial charge in [-0.05, 0) is 46.6 Å². The van der Waals surface area contributed by atoms with Crippen molar-refractivity contribution in [3.63, 3.8) is 0 Å². The van der Waals surface area contributed by atoms with E-state index in [0.717, 1.165) is 12.1 Å². The highest BCUT2D eigenvalue weighted by Gasteiger charge is 2.21. The van der Waals surface area contributed by atoms with Gasteiger partial charge in [-0.2, -0.15) is 0 Å². The zero-order valence-corrected chi connectivity index (χ0v) is 12.8. The van der Waals surface area contributed by atoms with E-state index >= 15 is 0 Å². The van der Waals surface area contributed by atoms with E-state index < -0.39 is 0 Å². The van der Waals surface area contributed by atoms with Crippen LogP contribution in [-0.4, -0.2) is 17.4 Å². The number of nitrogens with two attached hydrogens (primary N) is 1. The van der Waals surface area contributed by atoms with Crippen molar-refractivity contribution in [1.29, 1.82) is 0 Å². The summed E-state index contributed by atoms with van der Waals surface area (Å²) >= 11 is 3.37.